The van der Waals surface area contributed by atoms with Gasteiger partial charge >= 0.3 is 5.97 Å². The van der Waals surface area contributed by atoms with Crippen molar-refractivity contribution in [3.8, 4) is 0 Å². The quantitative estimate of drug-likeness (QED) is 0.246. The Balaban J connectivity index is 3.82. The minimum atomic E-state index is -0.499. The summed E-state index contributed by atoms with van der Waals surface area (Å²) in [6.45, 7) is 4.90. The largest absolute Gasteiger partial charge is 0.443 e. The highest BCUT2D eigenvalue weighted by Gasteiger charge is 2.12. The number of nitrogens with zero attached hydrogens (tertiary/aromatic N) is 1. The molecule has 3 nitrogen and oxygen atoms in total. The van der Waals surface area contributed by atoms with Crippen LogP contribution in [0.2, 0.25) is 0 Å². The van der Waals surface area contributed by atoms with E-state index >= 15 is 0 Å². The molecule has 0 saturated carbocycles. The van der Waals surface area contributed by atoms with Gasteiger partial charge in [-0.3, -0.25) is 0 Å². The second-order valence-corrected chi connectivity index (χ2v) is 5.98. The molecule has 0 aromatic heterocycles. The number of esters is 1. The van der Waals surface area contributed by atoms with Crippen molar-refractivity contribution in [2.45, 2.75) is 64.4 Å². The van der Waals surface area contributed by atoms with Crippen molar-refractivity contribution >= 4 is 17.6 Å². The van der Waals surface area contributed by atoms with E-state index in [0.717, 1.165) is 32.2 Å². The summed E-state index contributed by atoms with van der Waals surface area (Å²) in [6, 6.07) is 0. The third-order valence-electron chi connectivity index (χ3n) is 3.12. The first-order valence-electron chi connectivity index (χ1n) is 7.64. The third-order valence-corrected chi connectivity index (χ3v) is 3.43. The normalized spacial score (nSPS) is 13.6. The van der Waals surface area contributed by atoms with Crippen molar-refractivity contribution in [2.75, 3.05) is 20.6 Å². The van der Waals surface area contributed by atoms with Gasteiger partial charge in [-0.2, -0.15) is 0 Å². The van der Waals surface area contributed by atoms with Crippen molar-refractivity contribution in [3.05, 3.63) is 11.6 Å². The number of unbranched alkanes of at least 4 members (excludes halogenated alkanes) is 4. The molecule has 1 atom stereocenters. The van der Waals surface area contributed by atoms with Crippen LogP contribution in [0, 0.1) is 0 Å². The highest BCUT2D eigenvalue weighted by Crippen LogP contribution is 2.14. The van der Waals surface area contributed by atoms with E-state index in [1.165, 1.54) is 19.3 Å². The second kappa shape index (κ2) is 12.2. The fraction of sp³-hybridized carbons (Fsp3) is 0.812. The van der Waals surface area contributed by atoms with Crippen LogP contribution in [0.1, 0.15) is 58.8 Å². The molecule has 0 amide bonds. The van der Waals surface area contributed by atoms with E-state index in [-0.39, 0.29) is 5.97 Å². The molecule has 0 aliphatic heterocycles. The first-order valence-corrected chi connectivity index (χ1v) is 8.07. The second-order valence-electron chi connectivity index (χ2n) is 5.50. The summed E-state index contributed by atoms with van der Waals surface area (Å²) in [5.41, 5.74) is 0.143. The molecule has 0 bridgehead atoms. The summed E-state index contributed by atoms with van der Waals surface area (Å²) in [4.78, 5) is 13.9. The molecule has 0 aromatic carbocycles. The van der Waals surface area contributed by atoms with Gasteiger partial charge < -0.3 is 9.64 Å². The van der Waals surface area contributed by atoms with Gasteiger partial charge in [0.05, 0.1) is 0 Å². The zero-order chi connectivity index (χ0) is 15.4. The van der Waals surface area contributed by atoms with Crippen LogP contribution in [-0.4, -0.2) is 37.1 Å². The lowest BCUT2D eigenvalue weighted by Crippen LogP contribution is -2.15. The Morgan fingerprint density at radius 1 is 1.25 bits per heavy atom. The molecule has 0 fully saturated rings. The van der Waals surface area contributed by atoms with E-state index in [9.17, 15) is 4.79 Å². The zero-order valence-corrected chi connectivity index (χ0v) is 14.2. The average Bonchev–Trinajstić information content (AvgIpc) is 2.37. The van der Waals surface area contributed by atoms with Crippen LogP contribution in [0.15, 0.2) is 11.6 Å². The summed E-state index contributed by atoms with van der Waals surface area (Å²) < 4.78 is 5.22. The Morgan fingerprint density at radius 2 is 1.90 bits per heavy atom. The number of hydrogen-bond acceptors (Lipinski definition) is 3. The number of hydrogen-bond donors (Lipinski definition) is 0. The van der Waals surface area contributed by atoms with Gasteiger partial charge in [-0.1, -0.05) is 50.3 Å². The van der Waals surface area contributed by atoms with Crippen LogP contribution in [0.5, 0.6) is 0 Å². The average molecular weight is 304 g/mol. The molecule has 0 aromatic rings. The van der Waals surface area contributed by atoms with Gasteiger partial charge in [0.25, 0.3) is 0 Å². The van der Waals surface area contributed by atoms with Gasteiger partial charge in [0.15, 0.2) is 5.56 Å². The van der Waals surface area contributed by atoms with Crippen molar-refractivity contribution in [1.82, 2.24) is 4.90 Å². The smallest absolute Gasteiger partial charge is 0.334 e. The number of carbonyl (C=O) groups is 1. The Labute approximate surface area is 129 Å². The van der Waals surface area contributed by atoms with Gasteiger partial charge in [0.2, 0.25) is 0 Å². The Hall–Kier alpha value is -0.540. The third kappa shape index (κ3) is 11.3. The van der Waals surface area contributed by atoms with Gasteiger partial charge in [-0.05, 0) is 40.3 Å². The van der Waals surface area contributed by atoms with Crippen LogP contribution >= 0.6 is 11.6 Å². The fourth-order valence-electron chi connectivity index (χ4n) is 1.80. The highest BCUT2D eigenvalue weighted by molar-refractivity contribution is 6.20. The lowest BCUT2D eigenvalue weighted by molar-refractivity contribution is -0.140. The molecule has 0 saturated heterocycles. The monoisotopic (exact) mass is 303 g/mol. The van der Waals surface area contributed by atoms with Gasteiger partial charge in [-0.25, -0.2) is 4.79 Å². The van der Waals surface area contributed by atoms with Crippen LogP contribution in [0.25, 0.3) is 0 Å². The molecule has 0 aliphatic rings. The van der Waals surface area contributed by atoms with Crippen LogP contribution in [0.4, 0.5) is 0 Å². The maximum Gasteiger partial charge on any atom is 0.334 e. The first kappa shape index (κ1) is 19.5. The summed E-state index contributed by atoms with van der Waals surface area (Å²) >= 11 is 6.04. The molecule has 0 heterocycles. The fourth-order valence-corrected chi connectivity index (χ4v) is 2.03. The van der Waals surface area contributed by atoms with E-state index in [1.807, 2.05) is 20.2 Å². The molecule has 0 spiro atoms. The zero-order valence-electron chi connectivity index (χ0n) is 13.5. The number of ether oxygens (including phenoxy) is 1. The van der Waals surface area contributed by atoms with E-state index in [4.69, 9.17) is 16.3 Å². The highest BCUT2D eigenvalue weighted by atomic mass is 35.5. The number of halogens is 1. The van der Waals surface area contributed by atoms with Crippen LogP contribution < -0.4 is 0 Å². The molecule has 0 N–H and O–H groups in total. The molecule has 0 radical (unpaired) electrons. The molecule has 4 heteroatoms. The number of carbonyl (C=O) groups excluding carboxylic acids is 1. The van der Waals surface area contributed by atoms with Crippen LogP contribution in [-0.2, 0) is 9.53 Å². The van der Waals surface area contributed by atoms with Gasteiger partial charge in [-0.15, -0.1) is 0 Å². The van der Waals surface area contributed by atoms with Gasteiger partial charge in [0.1, 0.15) is 0 Å². The topological polar surface area (TPSA) is 29.5 Å². The molecule has 20 heavy (non-hydrogen) atoms. The predicted octanol–water partition coefficient (Wildman–Crippen LogP) is 4.35. The maximum atomic E-state index is 11.8. The molecular weight excluding hydrogens is 274 g/mol. The van der Waals surface area contributed by atoms with Crippen molar-refractivity contribution < 1.29 is 9.53 Å². The Kier molecular flexibility index (Phi) is 11.9. The van der Waals surface area contributed by atoms with Crippen molar-refractivity contribution in [1.29, 1.82) is 0 Å². The van der Waals surface area contributed by atoms with Gasteiger partial charge in [0, 0.05) is 12.1 Å². The molecule has 1 unspecified atom stereocenters. The standard InChI is InChI=1S/C16H30ClNO2/c1-5-6-7-8-9-12-15(17)20-16(19)14(2)11-10-13-18(3)4/h11,15H,5-10,12-13H2,1-4H3. The van der Waals surface area contributed by atoms with E-state index in [2.05, 4.69) is 11.8 Å². The van der Waals surface area contributed by atoms with E-state index < -0.39 is 5.56 Å². The number of alkyl halides is 1. The van der Waals surface area contributed by atoms with Crippen LogP contribution in [0.3, 0.4) is 0 Å². The molecular formula is C16H30ClNO2. The van der Waals surface area contributed by atoms with E-state index in [1.54, 1.807) is 6.92 Å². The minimum Gasteiger partial charge on any atom is -0.443 e. The minimum absolute atomic E-state index is 0.294. The summed E-state index contributed by atoms with van der Waals surface area (Å²) in [5.74, 6) is -0.294. The van der Waals surface area contributed by atoms with Crippen molar-refractivity contribution in [2.24, 2.45) is 0 Å². The Morgan fingerprint density at radius 3 is 2.50 bits per heavy atom. The molecule has 118 valence electrons. The molecule has 0 aliphatic carbocycles. The SMILES string of the molecule is CCCCCCCC(Cl)OC(=O)C(C)=CCCN(C)C. The summed E-state index contributed by atoms with van der Waals surface area (Å²) in [5, 5.41) is 0. The summed E-state index contributed by atoms with van der Waals surface area (Å²) in [6.07, 6.45) is 9.40. The Bertz CT molecular complexity index is 290. The predicted molar refractivity (Wildman–Crippen MR) is 86.0 cm³/mol. The first-order chi connectivity index (χ1) is 9.47. The lowest BCUT2D eigenvalue weighted by Gasteiger charge is -2.12. The van der Waals surface area contributed by atoms with Crippen molar-refractivity contribution in [3.63, 3.8) is 0 Å². The maximum absolute atomic E-state index is 11.8. The molecule has 0 rings (SSSR count). The summed E-state index contributed by atoms with van der Waals surface area (Å²) in [7, 11) is 4.02. The number of rotatable bonds is 11. The van der Waals surface area contributed by atoms with E-state index in [0.29, 0.717) is 5.57 Å². The lowest BCUT2D eigenvalue weighted by atomic mass is 10.1.